The van der Waals surface area contributed by atoms with Crippen molar-refractivity contribution in [3.63, 3.8) is 0 Å². The molecule has 14 heteroatoms. The first-order valence-electron chi connectivity index (χ1n) is 24.6. The number of esters is 2. The minimum Gasteiger partial charge on any atom is -0.462 e. The summed E-state index contributed by atoms with van der Waals surface area (Å²) in [5.74, 6) is -1.14. The van der Waals surface area contributed by atoms with Gasteiger partial charge in [-0.05, 0) is 44.9 Å². The molecule has 0 saturated heterocycles. The van der Waals surface area contributed by atoms with Gasteiger partial charge in [-0.1, -0.05) is 179 Å². The second-order valence-electron chi connectivity index (χ2n) is 17.3. The summed E-state index contributed by atoms with van der Waals surface area (Å²) < 4.78 is 33.5. The number of carbonyl (C=O) groups is 2. The Morgan fingerprint density at radius 3 is 1.32 bits per heavy atom. The topological polar surface area (TPSA) is 210 Å². The smallest absolute Gasteiger partial charge is 0.462 e. The standard InChI is InChI=1S/C48H89O13P/c1-3-5-7-9-11-13-15-16-17-18-19-20-21-22-23-24-25-26-27-29-31-33-35-37-42(50)60-40(38-58-41(49)36-34-32-30-28-14-12-10-8-6-4-2)39-59-62(56,57)61-48-46(54)44(52)43(51)45(53)47(48)55/h24-25,29,31,40,43-48,51-55H,3-23,26-28,30,32-39H2,1-2H3,(H,56,57)/b25-24+,31-29+/t40-,43?,44-,45?,46?,47?,48?/m1/s1. The van der Waals surface area contributed by atoms with Crippen molar-refractivity contribution in [2.75, 3.05) is 13.2 Å². The summed E-state index contributed by atoms with van der Waals surface area (Å²) >= 11 is 0. The summed E-state index contributed by atoms with van der Waals surface area (Å²) in [5, 5.41) is 50.1. The molecule has 13 nitrogen and oxygen atoms in total. The molecule has 0 bridgehead atoms. The van der Waals surface area contributed by atoms with Crippen LogP contribution >= 0.6 is 7.82 Å². The number of rotatable bonds is 41. The summed E-state index contributed by atoms with van der Waals surface area (Å²) in [6.45, 7) is 3.27. The molecule has 8 atom stereocenters. The number of hydrogen-bond acceptors (Lipinski definition) is 12. The number of ether oxygens (including phenoxy) is 2. The fraction of sp³-hybridized carbons (Fsp3) is 0.875. The Morgan fingerprint density at radius 2 is 0.855 bits per heavy atom. The molecule has 6 unspecified atom stereocenters. The third-order valence-electron chi connectivity index (χ3n) is 11.5. The van der Waals surface area contributed by atoms with Crippen LogP contribution in [0.3, 0.4) is 0 Å². The molecule has 1 fully saturated rings. The van der Waals surface area contributed by atoms with Crippen LogP contribution in [0.25, 0.3) is 0 Å². The Bertz CT molecular complexity index is 1180. The quantitative estimate of drug-likeness (QED) is 0.0146. The molecule has 0 heterocycles. The average molecular weight is 905 g/mol. The van der Waals surface area contributed by atoms with E-state index in [-0.39, 0.29) is 12.8 Å². The molecule has 0 aliphatic heterocycles. The van der Waals surface area contributed by atoms with Gasteiger partial charge in [0.1, 0.15) is 43.2 Å². The van der Waals surface area contributed by atoms with Gasteiger partial charge < -0.3 is 39.9 Å². The molecule has 0 radical (unpaired) electrons. The summed E-state index contributed by atoms with van der Waals surface area (Å²) in [4.78, 5) is 35.6. The second-order valence-corrected chi connectivity index (χ2v) is 18.7. The Hall–Kier alpha value is -1.67. The predicted molar refractivity (Wildman–Crippen MR) is 244 cm³/mol. The monoisotopic (exact) mass is 905 g/mol. The van der Waals surface area contributed by atoms with Gasteiger partial charge in [0.05, 0.1) is 6.61 Å². The SMILES string of the molecule is CCCCCCCCCCCCCCCC/C=C/CC/C=C/CCCC(=O)O[C@H](COC(=O)CCCCCCCCCCCC)COP(=O)(O)OC1C(O)C(O)C(O)[C@@H](O)C1O. The van der Waals surface area contributed by atoms with E-state index in [2.05, 4.69) is 32.1 Å². The van der Waals surface area contributed by atoms with E-state index in [1.54, 1.807) is 0 Å². The maximum Gasteiger partial charge on any atom is 0.472 e. The first-order valence-corrected chi connectivity index (χ1v) is 26.1. The number of phosphoric acid groups is 1. The molecule has 1 aliphatic rings. The lowest BCUT2D eigenvalue weighted by atomic mass is 9.85. The molecule has 0 spiro atoms. The number of hydrogen-bond donors (Lipinski definition) is 6. The number of aliphatic hydroxyl groups excluding tert-OH is 5. The van der Waals surface area contributed by atoms with Crippen molar-refractivity contribution in [3.8, 4) is 0 Å². The number of phosphoric ester groups is 1. The summed E-state index contributed by atoms with van der Waals surface area (Å²) in [6.07, 6.45) is 29.8. The maximum absolute atomic E-state index is 12.8. The van der Waals surface area contributed by atoms with Gasteiger partial charge in [0.15, 0.2) is 6.10 Å². The lowest BCUT2D eigenvalue weighted by Gasteiger charge is -2.41. The van der Waals surface area contributed by atoms with Gasteiger partial charge in [0, 0.05) is 12.8 Å². The zero-order valence-electron chi connectivity index (χ0n) is 38.7. The van der Waals surface area contributed by atoms with Gasteiger partial charge in [0.25, 0.3) is 0 Å². The first-order chi connectivity index (χ1) is 29.9. The molecule has 1 rings (SSSR count). The van der Waals surface area contributed by atoms with Crippen molar-refractivity contribution in [1.82, 2.24) is 0 Å². The highest BCUT2D eigenvalue weighted by Gasteiger charge is 2.51. The molecule has 364 valence electrons. The Balaban J connectivity index is 2.39. The zero-order valence-corrected chi connectivity index (χ0v) is 39.6. The lowest BCUT2D eigenvalue weighted by Crippen LogP contribution is -2.64. The molecule has 0 aromatic heterocycles. The van der Waals surface area contributed by atoms with E-state index in [0.717, 1.165) is 38.5 Å². The Labute approximate surface area is 375 Å². The number of carbonyl (C=O) groups excluding carboxylic acids is 2. The van der Waals surface area contributed by atoms with Crippen molar-refractivity contribution in [3.05, 3.63) is 24.3 Å². The van der Waals surface area contributed by atoms with E-state index >= 15 is 0 Å². The normalized spacial score (nSPS) is 22.0. The molecule has 0 amide bonds. The highest BCUT2D eigenvalue weighted by Crippen LogP contribution is 2.47. The van der Waals surface area contributed by atoms with Gasteiger partial charge in [0.2, 0.25) is 0 Å². The lowest BCUT2D eigenvalue weighted by molar-refractivity contribution is -0.220. The van der Waals surface area contributed by atoms with Crippen LogP contribution in [0.2, 0.25) is 0 Å². The van der Waals surface area contributed by atoms with E-state index in [0.29, 0.717) is 19.3 Å². The van der Waals surface area contributed by atoms with Crippen LogP contribution in [0.5, 0.6) is 0 Å². The number of aliphatic hydroxyl groups is 5. The summed E-state index contributed by atoms with van der Waals surface area (Å²) in [6, 6.07) is 0. The van der Waals surface area contributed by atoms with Crippen LogP contribution in [-0.4, -0.2) is 98.3 Å². The second kappa shape index (κ2) is 38.6. The minimum atomic E-state index is -5.12. The van der Waals surface area contributed by atoms with Gasteiger partial charge in [-0.25, -0.2) is 4.57 Å². The molecule has 62 heavy (non-hydrogen) atoms. The van der Waals surface area contributed by atoms with Crippen LogP contribution < -0.4 is 0 Å². The molecule has 0 aromatic rings. The Kier molecular flexibility index (Phi) is 36.3. The largest absolute Gasteiger partial charge is 0.472 e. The van der Waals surface area contributed by atoms with Crippen molar-refractivity contribution < 1.29 is 63.1 Å². The average Bonchev–Trinajstić information content (AvgIpc) is 3.25. The molecule has 0 aromatic carbocycles. The van der Waals surface area contributed by atoms with Crippen LogP contribution in [0.15, 0.2) is 24.3 Å². The molecular weight excluding hydrogens is 815 g/mol. The van der Waals surface area contributed by atoms with Gasteiger partial charge in [-0.2, -0.15) is 0 Å². The van der Waals surface area contributed by atoms with E-state index in [4.69, 9.17) is 18.5 Å². The Morgan fingerprint density at radius 1 is 0.484 bits per heavy atom. The fourth-order valence-electron chi connectivity index (χ4n) is 7.54. The molecule has 6 N–H and O–H groups in total. The molecular formula is C48H89O13P. The van der Waals surface area contributed by atoms with E-state index in [9.17, 15) is 44.6 Å². The van der Waals surface area contributed by atoms with Crippen molar-refractivity contribution in [2.45, 2.75) is 256 Å². The van der Waals surface area contributed by atoms with E-state index < -0.39 is 75.7 Å². The van der Waals surface area contributed by atoms with Crippen LogP contribution in [-0.2, 0) is 32.7 Å². The zero-order chi connectivity index (χ0) is 45.7. The third-order valence-corrected chi connectivity index (χ3v) is 12.5. The van der Waals surface area contributed by atoms with E-state index in [1.807, 2.05) is 6.08 Å². The molecule has 1 saturated carbocycles. The minimum absolute atomic E-state index is 0.0400. The van der Waals surface area contributed by atoms with Gasteiger partial charge >= 0.3 is 19.8 Å². The summed E-state index contributed by atoms with van der Waals surface area (Å²) in [7, 11) is -5.12. The third kappa shape index (κ3) is 30.5. The highest BCUT2D eigenvalue weighted by molar-refractivity contribution is 7.47. The van der Waals surface area contributed by atoms with Crippen LogP contribution in [0.1, 0.15) is 213 Å². The number of unbranched alkanes of at least 4 members (excludes halogenated alkanes) is 25. The van der Waals surface area contributed by atoms with Crippen molar-refractivity contribution >= 4 is 19.8 Å². The number of allylic oxidation sites excluding steroid dienone is 4. The van der Waals surface area contributed by atoms with Gasteiger partial charge in [-0.15, -0.1) is 0 Å². The predicted octanol–water partition coefficient (Wildman–Crippen LogP) is 10.0. The highest BCUT2D eigenvalue weighted by atomic mass is 31.2. The fourth-order valence-corrected chi connectivity index (χ4v) is 8.52. The molecule has 1 aliphatic carbocycles. The van der Waals surface area contributed by atoms with Crippen LogP contribution in [0.4, 0.5) is 0 Å². The van der Waals surface area contributed by atoms with Crippen LogP contribution in [0, 0.1) is 0 Å². The summed E-state index contributed by atoms with van der Waals surface area (Å²) in [5.41, 5.74) is 0. The van der Waals surface area contributed by atoms with Crippen molar-refractivity contribution in [2.24, 2.45) is 0 Å². The van der Waals surface area contributed by atoms with Crippen molar-refractivity contribution in [1.29, 1.82) is 0 Å². The maximum atomic E-state index is 12.8. The first kappa shape index (κ1) is 58.3. The van der Waals surface area contributed by atoms with E-state index in [1.165, 1.54) is 128 Å². The van der Waals surface area contributed by atoms with Gasteiger partial charge in [-0.3, -0.25) is 18.6 Å².